The minimum Gasteiger partial charge on any atom is -0.452 e. The highest BCUT2D eigenvalue weighted by molar-refractivity contribution is 6.15. The number of aromatic nitrogens is 1. The van der Waals surface area contributed by atoms with Crippen LogP contribution in [0, 0.1) is 0 Å². The molecule has 0 radical (unpaired) electrons. The lowest BCUT2D eigenvalue weighted by Gasteiger charge is -2.05. The number of Topliss-reactive ketones (excluding diaryl/α,β-unsaturated/α-hetero) is 1. The highest BCUT2D eigenvalue weighted by Gasteiger charge is 2.28. The van der Waals surface area contributed by atoms with Crippen LogP contribution in [0.1, 0.15) is 26.3 Å². The number of ketones is 1. The fraction of sp³-hybridized carbons (Fsp3) is 0. The molecule has 0 unspecified atom stereocenters. The van der Waals surface area contributed by atoms with E-state index >= 15 is 0 Å². The van der Waals surface area contributed by atoms with Gasteiger partial charge in [0.1, 0.15) is 11.5 Å². The Morgan fingerprint density at radius 2 is 1.76 bits per heavy atom. The maximum Gasteiger partial charge on any atom is 0.343 e. The summed E-state index contributed by atoms with van der Waals surface area (Å²) >= 11 is 0. The number of hydrogen-bond acceptors (Lipinski definition) is 4. The molecule has 1 aromatic heterocycles. The van der Waals surface area contributed by atoms with Crippen LogP contribution in [-0.4, -0.2) is 16.7 Å². The summed E-state index contributed by atoms with van der Waals surface area (Å²) in [6, 6.07) is 21.3. The molecule has 5 nitrogen and oxygen atoms in total. The molecule has 1 aliphatic heterocycles. The quantitative estimate of drug-likeness (QED) is 0.308. The van der Waals surface area contributed by atoms with E-state index in [2.05, 4.69) is 4.98 Å². The van der Waals surface area contributed by atoms with Gasteiger partial charge in [0.2, 0.25) is 5.78 Å². The fourth-order valence-electron chi connectivity index (χ4n) is 3.33. The lowest BCUT2D eigenvalue weighted by Crippen LogP contribution is -2.08. The molecule has 1 N–H and O–H groups in total. The topological polar surface area (TPSA) is 68.4 Å². The smallest absolute Gasteiger partial charge is 0.343 e. The molecule has 1 aliphatic rings. The van der Waals surface area contributed by atoms with Crippen molar-refractivity contribution in [2.24, 2.45) is 0 Å². The average Bonchev–Trinajstić information content (AvgIpc) is 3.30. The molecular weight excluding hydrogens is 366 g/mol. The Labute approximate surface area is 166 Å². The van der Waals surface area contributed by atoms with Crippen molar-refractivity contribution < 1.29 is 19.1 Å². The van der Waals surface area contributed by atoms with E-state index in [0.29, 0.717) is 22.6 Å². The summed E-state index contributed by atoms with van der Waals surface area (Å²) in [6.07, 6.45) is 3.56. The first-order chi connectivity index (χ1) is 14.2. The zero-order chi connectivity index (χ0) is 19.8. The van der Waals surface area contributed by atoms with Crippen LogP contribution in [0.15, 0.2) is 84.8 Å². The van der Waals surface area contributed by atoms with Gasteiger partial charge in [-0.2, -0.15) is 0 Å². The Morgan fingerprint density at radius 1 is 0.966 bits per heavy atom. The summed E-state index contributed by atoms with van der Waals surface area (Å²) in [6.45, 7) is 0. The van der Waals surface area contributed by atoms with Gasteiger partial charge in [0.25, 0.3) is 0 Å². The van der Waals surface area contributed by atoms with E-state index in [1.807, 2.05) is 36.5 Å². The average molecular weight is 381 g/mol. The van der Waals surface area contributed by atoms with Crippen LogP contribution in [0.2, 0.25) is 0 Å². The third kappa shape index (κ3) is 3.08. The number of fused-ring (bicyclic) bond motifs is 2. The largest absolute Gasteiger partial charge is 0.452 e. The second kappa shape index (κ2) is 6.80. The van der Waals surface area contributed by atoms with Gasteiger partial charge in [0.05, 0.1) is 11.1 Å². The number of ether oxygens (including phenoxy) is 2. The van der Waals surface area contributed by atoms with Gasteiger partial charge in [-0.3, -0.25) is 4.79 Å². The summed E-state index contributed by atoms with van der Waals surface area (Å²) in [7, 11) is 0. The highest BCUT2D eigenvalue weighted by Crippen LogP contribution is 2.35. The zero-order valence-electron chi connectivity index (χ0n) is 15.2. The van der Waals surface area contributed by atoms with Crippen molar-refractivity contribution >= 4 is 28.7 Å². The Balaban J connectivity index is 1.41. The van der Waals surface area contributed by atoms with E-state index in [1.54, 1.807) is 48.5 Å². The number of H-pyrrole nitrogens is 1. The minimum absolute atomic E-state index is 0.203. The molecule has 140 valence electrons. The van der Waals surface area contributed by atoms with Crippen molar-refractivity contribution in [3.05, 3.63) is 101 Å². The minimum atomic E-state index is -0.468. The lowest BCUT2D eigenvalue weighted by molar-refractivity contribution is 0.0734. The Morgan fingerprint density at radius 3 is 2.62 bits per heavy atom. The third-order valence-corrected chi connectivity index (χ3v) is 4.77. The van der Waals surface area contributed by atoms with Crippen LogP contribution in [0.25, 0.3) is 17.0 Å². The van der Waals surface area contributed by atoms with Gasteiger partial charge < -0.3 is 14.5 Å². The molecule has 2 heterocycles. The molecule has 5 heteroatoms. The molecule has 3 aromatic carbocycles. The maximum absolute atomic E-state index is 12.7. The van der Waals surface area contributed by atoms with Crippen LogP contribution in [0.5, 0.6) is 11.5 Å². The zero-order valence-corrected chi connectivity index (χ0v) is 15.2. The summed E-state index contributed by atoms with van der Waals surface area (Å²) in [5.41, 5.74) is 2.74. The predicted octanol–water partition coefficient (Wildman–Crippen LogP) is 5.00. The highest BCUT2D eigenvalue weighted by atomic mass is 16.5. The van der Waals surface area contributed by atoms with Crippen LogP contribution < -0.4 is 9.47 Å². The van der Waals surface area contributed by atoms with E-state index in [9.17, 15) is 9.59 Å². The lowest BCUT2D eigenvalue weighted by atomic mass is 10.1. The van der Waals surface area contributed by atoms with Gasteiger partial charge in [-0.25, -0.2) is 4.79 Å². The predicted molar refractivity (Wildman–Crippen MR) is 109 cm³/mol. The number of allylic oxidation sites excluding steroid dienone is 1. The number of aromatic amines is 1. The molecule has 0 spiro atoms. The molecule has 0 atom stereocenters. The van der Waals surface area contributed by atoms with E-state index in [1.165, 1.54) is 0 Å². The maximum atomic E-state index is 12.7. The number of carbonyl (C=O) groups excluding carboxylic acids is 2. The Bertz CT molecular complexity index is 1280. The molecule has 0 bridgehead atoms. The van der Waals surface area contributed by atoms with Crippen molar-refractivity contribution in [1.82, 2.24) is 4.98 Å². The van der Waals surface area contributed by atoms with Crippen LogP contribution in [0.3, 0.4) is 0 Å². The Hall–Kier alpha value is -4.12. The number of para-hydroxylation sites is 1. The first-order valence-electron chi connectivity index (χ1n) is 9.11. The van der Waals surface area contributed by atoms with Crippen LogP contribution in [-0.2, 0) is 0 Å². The molecule has 5 rings (SSSR count). The van der Waals surface area contributed by atoms with Crippen molar-refractivity contribution in [1.29, 1.82) is 0 Å². The fourth-order valence-corrected chi connectivity index (χ4v) is 3.33. The first-order valence-corrected chi connectivity index (χ1v) is 9.11. The van der Waals surface area contributed by atoms with Gasteiger partial charge in [-0.15, -0.1) is 0 Å². The monoisotopic (exact) mass is 381 g/mol. The number of nitrogens with one attached hydrogen (secondary N) is 1. The van der Waals surface area contributed by atoms with Gasteiger partial charge >= 0.3 is 5.97 Å². The van der Waals surface area contributed by atoms with Crippen molar-refractivity contribution in [2.75, 3.05) is 0 Å². The van der Waals surface area contributed by atoms with Crippen molar-refractivity contribution in [3.63, 3.8) is 0 Å². The number of rotatable bonds is 3. The molecule has 0 saturated heterocycles. The standard InChI is InChI=1S/C24H15NO4/c26-23-19-11-10-17(28-24(27)15-6-2-1-3-7-15)13-21(19)29-22(23)12-16-14-25-20-9-5-4-8-18(16)20/h1-14,25H. The van der Waals surface area contributed by atoms with Gasteiger partial charge in [-0.1, -0.05) is 36.4 Å². The van der Waals surface area contributed by atoms with Crippen LogP contribution in [0.4, 0.5) is 0 Å². The van der Waals surface area contributed by atoms with E-state index < -0.39 is 5.97 Å². The van der Waals surface area contributed by atoms with Crippen LogP contribution >= 0.6 is 0 Å². The summed E-state index contributed by atoms with van der Waals surface area (Å²) < 4.78 is 11.2. The normalized spacial score (nSPS) is 14.1. The SMILES string of the molecule is O=C(Oc1ccc2c(c1)OC(=Cc1c[nH]c3ccccc13)C2=O)c1ccccc1. The molecule has 0 fully saturated rings. The van der Waals surface area contributed by atoms with E-state index in [-0.39, 0.29) is 11.5 Å². The third-order valence-electron chi connectivity index (χ3n) is 4.77. The van der Waals surface area contributed by atoms with E-state index in [0.717, 1.165) is 16.5 Å². The van der Waals surface area contributed by atoms with Crippen molar-refractivity contribution in [3.8, 4) is 11.5 Å². The van der Waals surface area contributed by atoms with E-state index in [4.69, 9.17) is 9.47 Å². The Kier molecular flexibility index (Phi) is 3.99. The molecule has 29 heavy (non-hydrogen) atoms. The molecule has 0 amide bonds. The number of carbonyl (C=O) groups is 2. The number of benzene rings is 3. The first kappa shape index (κ1) is 17.0. The van der Waals surface area contributed by atoms with Gasteiger partial charge in [0, 0.05) is 28.7 Å². The molecule has 4 aromatic rings. The van der Waals surface area contributed by atoms with Gasteiger partial charge in [-0.05, 0) is 36.4 Å². The van der Waals surface area contributed by atoms with Crippen molar-refractivity contribution in [2.45, 2.75) is 0 Å². The number of hydrogen-bond donors (Lipinski definition) is 1. The van der Waals surface area contributed by atoms with Gasteiger partial charge in [0.15, 0.2) is 5.76 Å². The summed E-state index contributed by atoms with van der Waals surface area (Å²) in [5, 5.41) is 1.00. The molecule has 0 aliphatic carbocycles. The second-order valence-electron chi connectivity index (χ2n) is 6.64. The second-order valence-corrected chi connectivity index (χ2v) is 6.64. The molecule has 0 saturated carbocycles. The molecular formula is C24H15NO4. The number of esters is 1. The summed E-state index contributed by atoms with van der Waals surface area (Å²) in [4.78, 5) is 28.1. The summed E-state index contributed by atoms with van der Waals surface area (Å²) in [5.74, 6) is 0.255.